The van der Waals surface area contributed by atoms with Gasteiger partial charge in [-0.1, -0.05) is 18.7 Å². The van der Waals surface area contributed by atoms with Gasteiger partial charge in [-0.15, -0.1) is 0 Å². The standard InChI is InChI=1S/C14H14O2S/c1-2-10-9-13(7-8-14(10)16)17-12-5-3-11(15)4-6-12/h3-9,15-16H,2H2,1H3. The Morgan fingerprint density at radius 2 is 1.59 bits per heavy atom. The Morgan fingerprint density at radius 1 is 0.941 bits per heavy atom. The van der Waals surface area contributed by atoms with Crippen LogP contribution in [-0.2, 0) is 6.42 Å². The van der Waals surface area contributed by atoms with Crippen LogP contribution >= 0.6 is 11.8 Å². The molecule has 0 fully saturated rings. The number of phenols is 2. The second-order valence-corrected chi connectivity index (χ2v) is 4.89. The fourth-order valence-electron chi connectivity index (χ4n) is 1.56. The van der Waals surface area contributed by atoms with Crippen molar-refractivity contribution in [3.63, 3.8) is 0 Å². The summed E-state index contributed by atoms with van der Waals surface area (Å²) in [4.78, 5) is 2.15. The summed E-state index contributed by atoms with van der Waals surface area (Å²) in [6.45, 7) is 2.02. The molecule has 3 heteroatoms. The van der Waals surface area contributed by atoms with E-state index in [1.54, 1.807) is 30.0 Å². The molecule has 0 aliphatic rings. The Hall–Kier alpha value is -1.61. The monoisotopic (exact) mass is 246 g/mol. The van der Waals surface area contributed by atoms with Gasteiger partial charge in [0.1, 0.15) is 11.5 Å². The summed E-state index contributed by atoms with van der Waals surface area (Å²) in [5, 5.41) is 18.8. The second-order valence-electron chi connectivity index (χ2n) is 3.74. The van der Waals surface area contributed by atoms with E-state index in [-0.39, 0.29) is 5.75 Å². The third-order valence-corrected chi connectivity index (χ3v) is 3.50. The van der Waals surface area contributed by atoms with Gasteiger partial charge in [0.05, 0.1) is 0 Å². The van der Waals surface area contributed by atoms with Gasteiger partial charge in [0.15, 0.2) is 0 Å². The van der Waals surface area contributed by atoms with E-state index in [1.165, 1.54) is 0 Å². The number of phenolic OH excluding ortho intramolecular Hbond substituents is 2. The van der Waals surface area contributed by atoms with E-state index in [9.17, 15) is 10.2 Å². The van der Waals surface area contributed by atoms with Crippen LogP contribution in [0.1, 0.15) is 12.5 Å². The van der Waals surface area contributed by atoms with E-state index in [2.05, 4.69) is 0 Å². The largest absolute Gasteiger partial charge is 0.508 e. The molecule has 0 unspecified atom stereocenters. The van der Waals surface area contributed by atoms with E-state index in [0.717, 1.165) is 21.8 Å². The molecule has 0 aliphatic carbocycles. The molecule has 2 aromatic rings. The summed E-state index contributed by atoms with van der Waals surface area (Å²) in [6.07, 6.45) is 0.815. The van der Waals surface area contributed by atoms with Gasteiger partial charge in [-0.2, -0.15) is 0 Å². The maximum absolute atomic E-state index is 9.60. The molecule has 0 saturated heterocycles. The van der Waals surface area contributed by atoms with E-state index in [4.69, 9.17) is 0 Å². The van der Waals surface area contributed by atoms with E-state index < -0.39 is 0 Å². The second kappa shape index (κ2) is 5.15. The Bertz CT molecular complexity index is 506. The molecule has 0 amide bonds. The molecule has 2 rings (SSSR count). The van der Waals surface area contributed by atoms with E-state index in [1.807, 2.05) is 31.2 Å². The highest BCUT2D eigenvalue weighted by Gasteiger charge is 2.02. The predicted octanol–water partition coefficient (Wildman–Crippen LogP) is 3.81. The molecule has 2 nitrogen and oxygen atoms in total. The third-order valence-electron chi connectivity index (χ3n) is 2.50. The molecule has 0 spiro atoms. The molecule has 0 aliphatic heterocycles. The zero-order valence-corrected chi connectivity index (χ0v) is 10.4. The molecule has 88 valence electrons. The predicted molar refractivity (Wildman–Crippen MR) is 69.7 cm³/mol. The molecular weight excluding hydrogens is 232 g/mol. The van der Waals surface area contributed by atoms with Crippen molar-refractivity contribution >= 4 is 11.8 Å². The SMILES string of the molecule is CCc1cc(Sc2ccc(O)cc2)ccc1O. The smallest absolute Gasteiger partial charge is 0.118 e. The summed E-state index contributed by atoms with van der Waals surface area (Å²) < 4.78 is 0. The van der Waals surface area contributed by atoms with Gasteiger partial charge in [-0.3, -0.25) is 0 Å². The maximum atomic E-state index is 9.60. The summed E-state index contributed by atoms with van der Waals surface area (Å²) in [5.41, 5.74) is 0.953. The molecule has 2 aromatic carbocycles. The van der Waals surface area contributed by atoms with Crippen LogP contribution in [-0.4, -0.2) is 10.2 Å². The number of benzene rings is 2. The fourth-order valence-corrected chi connectivity index (χ4v) is 2.44. The Labute approximate surface area is 105 Å². The van der Waals surface area contributed by atoms with Crippen LogP contribution in [0.5, 0.6) is 11.5 Å². The lowest BCUT2D eigenvalue weighted by Gasteiger charge is -2.06. The van der Waals surface area contributed by atoms with Crippen LogP contribution in [0.15, 0.2) is 52.3 Å². The molecular formula is C14H14O2S. The summed E-state index contributed by atoms with van der Waals surface area (Å²) in [6, 6.07) is 12.7. The Kier molecular flexibility index (Phi) is 3.59. The van der Waals surface area contributed by atoms with Crippen molar-refractivity contribution in [3.05, 3.63) is 48.0 Å². The summed E-state index contributed by atoms with van der Waals surface area (Å²) in [7, 11) is 0. The highest BCUT2D eigenvalue weighted by Crippen LogP contribution is 2.31. The maximum Gasteiger partial charge on any atom is 0.118 e. The minimum Gasteiger partial charge on any atom is -0.508 e. The number of aromatic hydroxyl groups is 2. The molecule has 0 heterocycles. The quantitative estimate of drug-likeness (QED) is 0.865. The average molecular weight is 246 g/mol. The minimum absolute atomic E-state index is 0.273. The van der Waals surface area contributed by atoms with Gasteiger partial charge in [0.2, 0.25) is 0 Å². The van der Waals surface area contributed by atoms with Crippen molar-refractivity contribution in [2.24, 2.45) is 0 Å². The van der Waals surface area contributed by atoms with E-state index in [0.29, 0.717) is 5.75 Å². The zero-order valence-electron chi connectivity index (χ0n) is 9.55. The minimum atomic E-state index is 0.273. The molecule has 0 saturated carbocycles. The molecule has 0 bridgehead atoms. The lowest BCUT2D eigenvalue weighted by molar-refractivity contribution is 0.468. The molecule has 17 heavy (non-hydrogen) atoms. The van der Waals surface area contributed by atoms with Gasteiger partial charge >= 0.3 is 0 Å². The van der Waals surface area contributed by atoms with Crippen molar-refractivity contribution in [1.29, 1.82) is 0 Å². The van der Waals surface area contributed by atoms with Crippen molar-refractivity contribution in [3.8, 4) is 11.5 Å². The molecule has 2 N–H and O–H groups in total. The first-order valence-electron chi connectivity index (χ1n) is 5.48. The van der Waals surface area contributed by atoms with Crippen LogP contribution in [0, 0.1) is 0 Å². The third kappa shape index (κ3) is 2.94. The number of hydrogen-bond acceptors (Lipinski definition) is 3. The van der Waals surface area contributed by atoms with Crippen molar-refractivity contribution in [2.45, 2.75) is 23.1 Å². The first-order valence-corrected chi connectivity index (χ1v) is 6.29. The number of hydrogen-bond donors (Lipinski definition) is 2. The zero-order chi connectivity index (χ0) is 12.3. The lowest BCUT2D eigenvalue weighted by Crippen LogP contribution is -1.82. The number of aryl methyl sites for hydroxylation is 1. The van der Waals surface area contributed by atoms with Gasteiger partial charge < -0.3 is 10.2 Å². The van der Waals surface area contributed by atoms with Gasteiger partial charge in [0, 0.05) is 9.79 Å². The van der Waals surface area contributed by atoms with Crippen molar-refractivity contribution in [1.82, 2.24) is 0 Å². The van der Waals surface area contributed by atoms with Crippen molar-refractivity contribution in [2.75, 3.05) is 0 Å². The summed E-state index contributed by atoms with van der Waals surface area (Å²) in [5.74, 6) is 0.622. The average Bonchev–Trinajstić information content (AvgIpc) is 2.34. The van der Waals surface area contributed by atoms with Crippen LogP contribution < -0.4 is 0 Å². The topological polar surface area (TPSA) is 40.5 Å². The van der Waals surface area contributed by atoms with E-state index >= 15 is 0 Å². The lowest BCUT2D eigenvalue weighted by atomic mass is 10.1. The normalized spacial score (nSPS) is 10.4. The molecule has 0 atom stereocenters. The van der Waals surface area contributed by atoms with Gasteiger partial charge in [-0.25, -0.2) is 0 Å². The first kappa shape index (κ1) is 11.9. The summed E-state index contributed by atoms with van der Waals surface area (Å²) >= 11 is 1.61. The fraction of sp³-hybridized carbons (Fsp3) is 0.143. The van der Waals surface area contributed by atoms with Crippen molar-refractivity contribution < 1.29 is 10.2 Å². The molecule has 0 aromatic heterocycles. The van der Waals surface area contributed by atoms with Crippen LogP contribution in [0.4, 0.5) is 0 Å². The Morgan fingerprint density at radius 3 is 2.24 bits per heavy atom. The van der Waals surface area contributed by atoms with Crippen LogP contribution in [0.2, 0.25) is 0 Å². The van der Waals surface area contributed by atoms with Gasteiger partial charge in [0.25, 0.3) is 0 Å². The first-order chi connectivity index (χ1) is 8.19. The Balaban J connectivity index is 2.21. The highest BCUT2D eigenvalue weighted by molar-refractivity contribution is 7.99. The van der Waals surface area contributed by atoms with Crippen LogP contribution in [0.3, 0.4) is 0 Å². The van der Waals surface area contributed by atoms with Gasteiger partial charge in [-0.05, 0) is 54.4 Å². The highest BCUT2D eigenvalue weighted by atomic mass is 32.2. The van der Waals surface area contributed by atoms with Crippen LogP contribution in [0.25, 0.3) is 0 Å². The number of rotatable bonds is 3. The molecule has 0 radical (unpaired) electrons.